The fourth-order valence-corrected chi connectivity index (χ4v) is 1.93. The number of esters is 1. The van der Waals surface area contributed by atoms with Gasteiger partial charge in [0.15, 0.2) is 0 Å². The number of rotatable bonds is 6. The summed E-state index contributed by atoms with van der Waals surface area (Å²) in [6, 6.07) is 12.3. The van der Waals surface area contributed by atoms with E-state index < -0.39 is 4.92 Å². The summed E-state index contributed by atoms with van der Waals surface area (Å²) in [7, 11) is 1.33. The Morgan fingerprint density at radius 1 is 1.27 bits per heavy atom. The van der Waals surface area contributed by atoms with Crippen molar-refractivity contribution in [2.45, 2.75) is 6.42 Å². The van der Waals surface area contributed by atoms with Crippen LogP contribution in [-0.4, -0.2) is 29.5 Å². The van der Waals surface area contributed by atoms with E-state index >= 15 is 0 Å². The predicted molar refractivity (Wildman–Crippen MR) is 81.0 cm³/mol. The number of hydrogen-bond donors (Lipinski definition) is 0. The van der Waals surface area contributed by atoms with Crippen molar-refractivity contribution in [3.05, 3.63) is 58.8 Å². The minimum Gasteiger partial charge on any atom is -0.469 e. The normalized spacial score (nSPS) is 10.0. The largest absolute Gasteiger partial charge is 0.469 e. The number of nitro groups is 1. The third-order valence-corrected chi connectivity index (χ3v) is 3.05. The van der Waals surface area contributed by atoms with Crippen molar-refractivity contribution in [3.63, 3.8) is 0 Å². The molecule has 0 fully saturated rings. The van der Waals surface area contributed by atoms with E-state index in [1.54, 1.807) is 11.0 Å². The zero-order valence-electron chi connectivity index (χ0n) is 12.0. The molecule has 0 aliphatic carbocycles. The molecule has 22 heavy (non-hydrogen) atoms. The van der Waals surface area contributed by atoms with Crippen LogP contribution in [0.25, 0.3) is 0 Å². The highest BCUT2D eigenvalue weighted by Crippen LogP contribution is 2.24. The third kappa shape index (κ3) is 3.78. The second-order valence-corrected chi connectivity index (χ2v) is 4.45. The summed E-state index contributed by atoms with van der Waals surface area (Å²) in [6.07, 6.45) is 1.38. The van der Waals surface area contributed by atoms with Crippen molar-refractivity contribution in [1.82, 2.24) is 4.98 Å². The Balaban J connectivity index is 2.27. The average Bonchev–Trinajstić information content (AvgIpc) is 2.56. The van der Waals surface area contributed by atoms with Gasteiger partial charge in [-0.3, -0.25) is 14.9 Å². The van der Waals surface area contributed by atoms with Gasteiger partial charge < -0.3 is 9.64 Å². The van der Waals surface area contributed by atoms with Crippen LogP contribution >= 0.6 is 0 Å². The molecule has 7 heteroatoms. The zero-order valence-corrected chi connectivity index (χ0v) is 12.0. The van der Waals surface area contributed by atoms with Crippen LogP contribution < -0.4 is 4.90 Å². The topological polar surface area (TPSA) is 85.6 Å². The van der Waals surface area contributed by atoms with Gasteiger partial charge in [-0.15, -0.1) is 0 Å². The van der Waals surface area contributed by atoms with E-state index in [1.807, 2.05) is 30.3 Å². The molecule has 0 saturated carbocycles. The molecular weight excluding hydrogens is 286 g/mol. The van der Waals surface area contributed by atoms with Gasteiger partial charge in [0.1, 0.15) is 12.0 Å². The van der Waals surface area contributed by atoms with E-state index in [4.69, 9.17) is 0 Å². The monoisotopic (exact) mass is 301 g/mol. The molecule has 114 valence electrons. The van der Waals surface area contributed by atoms with Crippen LogP contribution in [0.4, 0.5) is 17.2 Å². The summed E-state index contributed by atoms with van der Waals surface area (Å²) in [5.41, 5.74) is 0.762. The number of para-hydroxylation sites is 1. The van der Waals surface area contributed by atoms with Crippen molar-refractivity contribution < 1.29 is 14.5 Å². The minimum atomic E-state index is -0.502. The fraction of sp³-hybridized carbons (Fsp3) is 0.200. The lowest BCUT2D eigenvalue weighted by Crippen LogP contribution is -2.22. The molecule has 1 aromatic heterocycles. The Morgan fingerprint density at radius 2 is 2.00 bits per heavy atom. The smallest absolute Gasteiger partial charge is 0.307 e. The first-order valence-corrected chi connectivity index (χ1v) is 6.61. The molecule has 0 bridgehead atoms. The molecule has 0 N–H and O–H groups in total. The molecule has 0 spiro atoms. The van der Waals surface area contributed by atoms with Gasteiger partial charge in [-0.1, -0.05) is 18.2 Å². The van der Waals surface area contributed by atoms with Crippen LogP contribution in [-0.2, 0) is 9.53 Å². The van der Waals surface area contributed by atoms with Crippen LogP contribution in [0.2, 0.25) is 0 Å². The Labute approximate surface area is 127 Å². The molecule has 2 rings (SSSR count). The molecule has 0 amide bonds. The second kappa shape index (κ2) is 7.16. The first-order valence-electron chi connectivity index (χ1n) is 6.61. The highest BCUT2D eigenvalue weighted by atomic mass is 16.6. The summed E-state index contributed by atoms with van der Waals surface area (Å²) < 4.78 is 4.65. The summed E-state index contributed by atoms with van der Waals surface area (Å²) in [4.78, 5) is 27.5. The lowest BCUT2D eigenvalue weighted by Gasteiger charge is -2.23. The summed E-state index contributed by atoms with van der Waals surface area (Å²) in [5.74, 6) is 0.198. The lowest BCUT2D eigenvalue weighted by atomic mass is 10.2. The van der Waals surface area contributed by atoms with E-state index in [-0.39, 0.29) is 18.1 Å². The number of hydrogen-bond acceptors (Lipinski definition) is 6. The number of ether oxygens (including phenoxy) is 1. The Kier molecular flexibility index (Phi) is 5.02. The highest BCUT2D eigenvalue weighted by Gasteiger charge is 2.14. The van der Waals surface area contributed by atoms with Crippen molar-refractivity contribution in [3.8, 4) is 0 Å². The molecule has 1 heterocycles. The standard InChI is InChI=1S/C15H15N3O4/c1-22-15(19)9-10-17(12-5-3-2-4-6-12)14-8-7-13(11-16-14)18(20)21/h2-8,11H,9-10H2,1H3. The van der Waals surface area contributed by atoms with Crippen molar-refractivity contribution >= 4 is 23.2 Å². The van der Waals surface area contributed by atoms with E-state index in [0.717, 1.165) is 5.69 Å². The number of methoxy groups -OCH3 is 1. The van der Waals surface area contributed by atoms with Crippen molar-refractivity contribution in [2.24, 2.45) is 0 Å². The number of benzene rings is 1. The van der Waals surface area contributed by atoms with Gasteiger partial charge >= 0.3 is 5.97 Å². The molecule has 0 aliphatic rings. The maximum atomic E-state index is 11.4. The zero-order chi connectivity index (χ0) is 15.9. The van der Waals surface area contributed by atoms with E-state index in [1.165, 1.54) is 19.4 Å². The molecule has 0 aliphatic heterocycles. The van der Waals surface area contributed by atoms with Gasteiger partial charge in [0.2, 0.25) is 0 Å². The third-order valence-electron chi connectivity index (χ3n) is 3.05. The SMILES string of the molecule is COC(=O)CCN(c1ccccc1)c1ccc([N+](=O)[O-])cn1. The van der Waals surface area contributed by atoms with Crippen LogP contribution in [0.5, 0.6) is 0 Å². The number of nitrogens with zero attached hydrogens (tertiary/aromatic N) is 3. The van der Waals surface area contributed by atoms with Gasteiger partial charge in [-0.25, -0.2) is 4.98 Å². The highest BCUT2D eigenvalue weighted by molar-refractivity contribution is 5.71. The summed E-state index contributed by atoms with van der Waals surface area (Å²) in [5, 5.41) is 10.7. The van der Waals surface area contributed by atoms with Crippen LogP contribution in [0.15, 0.2) is 48.7 Å². The van der Waals surface area contributed by atoms with Crippen molar-refractivity contribution in [1.29, 1.82) is 0 Å². The summed E-state index contributed by atoms with van der Waals surface area (Å²) >= 11 is 0. The molecule has 0 unspecified atom stereocenters. The number of pyridine rings is 1. The van der Waals surface area contributed by atoms with E-state index in [9.17, 15) is 14.9 Å². The van der Waals surface area contributed by atoms with Crippen LogP contribution in [0, 0.1) is 10.1 Å². The Hall–Kier alpha value is -2.96. The number of anilines is 2. The molecular formula is C15H15N3O4. The van der Waals surface area contributed by atoms with Gasteiger partial charge in [-0.05, 0) is 18.2 Å². The van der Waals surface area contributed by atoms with E-state index in [2.05, 4.69) is 9.72 Å². The molecule has 0 radical (unpaired) electrons. The lowest BCUT2D eigenvalue weighted by molar-refractivity contribution is -0.385. The number of carbonyl (C=O) groups excluding carboxylic acids is 1. The quantitative estimate of drug-likeness (QED) is 0.463. The van der Waals surface area contributed by atoms with Gasteiger partial charge in [0.05, 0.1) is 18.5 Å². The molecule has 7 nitrogen and oxygen atoms in total. The number of carbonyl (C=O) groups is 1. The van der Waals surface area contributed by atoms with E-state index in [0.29, 0.717) is 12.4 Å². The minimum absolute atomic E-state index is 0.0790. The first kappa shape index (κ1) is 15.4. The van der Waals surface area contributed by atoms with Gasteiger partial charge in [0, 0.05) is 18.3 Å². The number of aromatic nitrogens is 1. The molecule has 0 atom stereocenters. The molecule has 0 saturated heterocycles. The van der Waals surface area contributed by atoms with Gasteiger partial charge in [0.25, 0.3) is 5.69 Å². The maximum absolute atomic E-state index is 11.4. The van der Waals surface area contributed by atoms with Crippen molar-refractivity contribution in [2.75, 3.05) is 18.6 Å². The predicted octanol–water partition coefficient (Wildman–Crippen LogP) is 2.69. The Morgan fingerprint density at radius 3 is 2.55 bits per heavy atom. The van der Waals surface area contributed by atoms with Gasteiger partial charge in [-0.2, -0.15) is 0 Å². The fourth-order valence-electron chi connectivity index (χ4n) is 1.93. The Bertz CT molecular complexity index is 644. The molecule has 2 aromatic rings. The maximum Gasteiger partial charge on any atom is 0.307 e. The average molecular weight is 301 g/mol. The van der Waals surface area contributed by atoms with Crippen LogP contribution in [0.1, 0.15) is 6.42 Å². The summed E-state index contributed by atoms with van der Waals surface area (Å²) in [6.45, 7) is 0.363. The molecule has 1 aromatic carbocycles. The first-order chi connectivity index (χ1) is 10.6. The van der Waals surface area contributed by atoms with Crippen LogP contribution in [0.3, 0.4) is 0 Å². The second-order valence-electron chi connectivity index (χ2n) is 4.45.